The third kappa shape index (κ3) is 3.06. The summed E-state index contributed by atoms with van der Waals surface area (Å²) in [7, 11) is 0. The summed E-state index contributed by atoms with van der Waals surface area (Å²) in [6, 6.07) is 5.50. The van der Waals surface area contributed by atoms with Crippen LogP contribution in [0.2, 0.25) is 0 Å². The van der Waals surface area contributed by atoms with Gasteiger partial charge in [0.2, 0.25) is 0 Å². The molecule has 0 aromatic heterocycles. The number of hydrogen-bond donors (Lipinski definition) is 0. The molecule has 1 aromatic carbocycles. The maximum absolute atomic E-state index is 12.0. The molecule has 0 radical (unpaired) electrons. The number of carbonyl (C=O) groups excluding carboxylic acids is 1. The maximum Gasteiger partial charge on any atom is 0.317 e. The minimum absolute atomic E-state index is 0.0245. The predicted molar refractivity (Wildman–Crippen MR) is 67.4 cm³/mol. The first-order valence-electron chi connectivity index (χ1n) is 5.89. The van der Waals surface area contributed by atoms with E-state index in [9.17, 15) is 14.9 Å². The molecule has 0 amide bonds. The first-order chi connectivity index (χ1) is 8.42. The highest BCUT2D eigenvalue weighted by atomic mass is 16.6. The molecule has 18 heavy (non-hydrogen) atoms. The topological polar surface area (TPSA) is 69.4 Å². The molecular formula is C13H17NO4. The molecule has 0 heterocycles. The van der Waals surface area contributed by atoms with Crippen molar-refractivity contribution in [3.05, 3.63) is 34.4 Å². The van der Waals surface area contributed by atoms with E-state index in [1.165, 1.54) is 24.3 Å². The Morgan fingerprint density at radius 3 is 2.17 bits per heavy atom. The molecule has 0 saturated heterocycles. The third-order valence-corrected chi connectivity index (χ3v) is 3.31. The Morgan fingerprint density at radius 1 is 1.28 bits per heavy atom. The van der Waals surface area contributed by atoms with Crippen LogP contribution in [-0.4, -0.2) is 10.9 Å². The van der Waals surface area contributed by atoms with Gasteiger partial charge in [0.05, 0.1) is 10.3 Å². The van der Waals surface area contributed by atoms with Crippen molar-refractivity contribution in [1.29, 1.82) is 0 Å². The number of benzene rings is 1. The molecular weight excluding hydrogens is 234 g/mol. The number of ether oxygens (including phenoxy) is 1. The molecule has 0 atom stereocenters. The smallest absolute Gasteiger partial charge is 0.317 e. The number of nitrogens with zero attached hydrogens (tertiary/aromatic N) is 1. The first kappa shape index (κ1) is 14.2. The number of nitro groups is 1. The SMILES string of the molecule is CCC(C)(CC)C(=O)Oc1ccc([N+](=O)[O-])cc1. The van der Waals surface area contributed by atoms with Gasteiger partial charge in [-0.25, -0.2) is 0 Å². The zero-order valence-corrected chi connectivity index (χ0v) is 10.8. The maximum atomic E-state index is 12.0. The second-order valence-corrected chi connectivity index (χ2v) is 4.41. The summed E-state index contributed by atoms with van der Waals surface area (Å²) in [5, 5.41) is 10.5. The molecule has 0 N–H and O–H groups in total. The summed E-state index contributed by atoms with van der Waals surface area (Å²) < 4.78 is 5.23. The lowest BCUT2D eigenvalue weighted by Gasteiger charge is -2.23. The number of hydrogen-bond acceptors (Lipinski definition) is 4. The Morgan fingerprint density at radius 2 is 1.78 bits per heavy atom. The minimum atomic E-state index is -0.512. The van der Waals surface area contributed by atoms with Crippen molar-refractivity contribution in [3.63, 3.8) is 0 Å². The molecule has 1 rings (SSSR count). The van der Waals surface area contributed by atoms with Gasteiger partial charge in [0.1, 0.15) is 5.75 Å². The summed E-state index contributed by atoms with van der Waals surface area (Å²) in [5.41, 5.74) is -0.537. The van der Waals surface area contributed by atoms with Crippen molar-refractivity contribution in [3.8, 4) is 5.75 Å². The Hall–Kier alpha value is -1.91. The van der Waals surface area contributed by atoms with Crippen molar-refractivity contribution in [2.45, 2.75) is 33.6 Å². The van der Waals surface area contributed by atoms with Crippen molar-refractivity contribution < 1.29 is 14.5 Å². The highest BCUT2D eigenvalue weighted by molar-refractivity contribution is 5.78. The van der Waals surface area contributed by atoms with Gasteiger partial charge in [-0.2, -0.15) is 0 Å². The molecule has 98 valence electrons. The third-order valence-electron chi connectivity index (χ3n) is 3.31. The zero-order valence-electron chi connectivity index (χ0n) is 10.8. The van der Waals surface area contributed by atoms with Crippen LogP contribution in [0.3, 0.4) is 0 Å². The van der Waals surface area contributed by atoms with Crippen LogP contribution in [0.4, 0.5) is 5.69 Å². The second kappa shape index (κ2) is 5.62. The number of nitro benzene ring substituents is 1. The fraction of sp³-hybridized carbons (Fsp3) is 0.462. The van der Waals surface area contributed by atoms with Gasteiger partial charge in [-0.05, 0) is 31.9 Å². The van der Waals surface area contributed by atoms with Crippen LogP contribution in [0, 0.1) is 15.5 Å². The van der Waals surface area contributed by atoms with Gasteiger partial charge in [0.15, 0.2) is 0 Å². The molecule has 0 bridgehead atoms. The summed E-state index contributed by atoms with van der Waals surface area (Å²) in [4.78, 5) is 22.0. The van der Waals surface area contributed by atoms with E-state index in [1.54, 1.807) is 0 Å². The normalized spacial score (nSPS) is 11.1. The molecule has 5 nitrogen and oxygen atoms in total. The average molecular weight is 251 g/mol. The van der Waals surface area contributed by atoms with Crippen LogP contribution in [0.5, 0.6) is 5.75 Å². The van der Waals surface area contributed by atoms with Gasteiger partial charge in [-0.1, -0.05) is 13.8 Å². The van der Waals surface area contributed by atoms with Crippen LogP contribution in [0.15, 0.2) is 24.3 Å². The summed E-state index contributed by atoms with van der Waals surface area (Å²) >= 11 is 0. The lowest BCUT2D eigenvalue weighted by Crippen LogP contribution is -2.30. The van der Waals surface area contributed by atoms with E-state index < -0.39 is 10.3 Å². The van der Waals surface area contributed by atoms with Gasteiger partial charge in [0.25, 0.3) is 5.69 Å². The Bertz CT molecular complexity index is 435. The van der Waals surface area contributed by atoms with Gasteiger partial charge < -0.3 is 4.74 Å². The average Bonchev–Trinajstić information content (AvgIpc) is 2.38. The van der Waals surface area contributed by atoms with Gasteiger partial charge >= 0.3 is 5.97 Å². The fourth-order valence-electron chi connectivity index (χ4n) is 1.40. The van der Waals surface area contributed by atoms with E-state index in [-0.39, 0.29) is 11.7 Å². The fourth-order valence-corrected chi connectivity index (χ4v) is 1.40. The molecule has 0 saturated carbocycles. The Labute approximate surface area is 106 Å². The quantitative estimate of drug-likeness (QED) is 0.348. The van der Waals surface area contributed by atoms with Crippen LogP contribution in [0.1, 0.15) is 33.6 Å². The van der Waals surface area contributed by atoms with Crippen molar-refractivity contribution in [2.24, 2.45) is 5.41 Å². The monoisotopic (exact) mass is 251 g/mol. The number of non-ortho nitro benzene ring substituents is 1. The summed E-state index contributed by atoms with van der Waals surface area (Å²) in [6.07, 6.45) is 1.38. The van der Waals surface area contributed by atoms with Crippen LogP contribution < -0.4 is 4.74 Å². The van der Waals surface area contributed by atoms with Gasteiger partial charge in [0, 0.05) is 12.1 Å². The second-order valence-electron chi connectivity index (χ2n) is 4.41. The summed E-state index contributed by atoms with van der Waals surface area (Å²) in [5.74, 6) is 0.0279. The van der Waals surface area contributed by atoms with E-state index in [1.807, 2.05) is 20.8 Å². The first-order valence-corrected chi connectivity index (χ1v) is 5.89. The van der Waals surface area contributed by atoms with Crippen molar-refractivity contribution in [1.82, 2.24) is 0 Å². The number of rotatable bonds is 5. The molecule has 5 heteroatoms. The van der Waals surface area contributed by atoms with E-state index in [0.29, 0.717) is 18.6 Å². The Balaban J connectivity index is 2.79. The number of esters is 1. The summed E-state index contributed by atoms with van der Waals surface area (Å²) in [6.45, 7) is 5.71. The molecule has 0 aliphatic heterocycles. The largest absolute Gasteiger partial charge is 0.426 e. The van der Waals surface area contributed by atoms with E-state index in [2.05, 4.69) is 0 Å². The molecule has 0 aliphatic carbocycles. The van der Waals surface area contributed by atoms with Crippen LogP contribution in [0.25, 0.3) is 0 Å². The molecule has 0 fully saturated rings. The van der Waals surface area contributed by atoms with Crippen molar-refractivity contribution >= 4 is 11.7 Å². The van der Waals surface area contributed by atoms with Crippen molar-refractivity contribution in [2.75, 3.05) is 0 Å². The number of carbonyl (C=O) groups is 1. The molecule has 0 unspecified atom stereocenters. The van der Waals surface area contributed by atoms with E-state index in [0.717, 1.165) is 0 Å². The zero-order chi connectivity index (χ0) is 13.8. The Kier molecular flexibility index (Phi) is 4.42. The predicted octanol–water partition coefficient (Wildman–Crippen LogP) is 3.33. The lowest BCUT2D eigenvalue weighted by atomic mass is 9.85. The van der Waals surface area contributed by atoms with Gasteiger partial charge in [-0.15, -0.1) is 0 Å². The highest BCUT2D eigenvalue weighted by Crippen LogP contribution is 2.28. The van der Waals surface area contributed by atoms with E-state index >= 15 is 0 Å². The highest BCUT2D eigenvalue weighted by Gasteiger charge is 2.31. The molecule has 0 aliphatic rings. The van der Waals surface area contributed by atoms with Gasteiger partial charge in [-0.3, -0.25) is 14.9 Å². The standard InChI is InChI=1S/C13H17NO4/c1-4-13(3,5-2)12(15)18-11-8-6-10(7-9-11)14(16)17/h6-9H,4-5H2,1-3H3. The molecule has 0 spiro atoms. The lowest BCUT2D eigenvalue weighted by molar-refractivity contribution is -0.384. The minimum Gasteiger partial charge on any atom is -0.426 e. The van der Waals surface area contributed by atoms with E-state index in [4.69, 9.17) is 4.74 Å². The molecule has 1 aromatic rings. The van der Waals surface area contributed by atoms with Crippen LogP contribution in [-0.2, 0) is 4.79 Å². The van der Waals surface area contributed by atoms with Crippen LogP contribution >= 0.6 is 0 Å².